The van der Waals surface area contributed by atoms with Crippen molar-refractivity contribution < 1.29 is 68.1 Å². The number of amides is 11. The van der Waals surface area contributed by atoms with Crippen LogP contribution in [0, 0.1) is 47.3 Å². The fraction of sp³-hybridized carbons (Fsp3) is 0.797. The predicted molar refractivity (Wildman–Crippen MR) is 340 cm³/mol. The number of carbonyl (C=O) groups excluding carboxylic acids is 11. The molecular weight excluding hydrogens is 1150 g/mol. The van der Waals surface area contributed by atoms with Crippen LogP contribution in [0.1, 0.15) is 163 Å². The van der Waals surface area contributed by atoms with E-state index in [4.69, 9.17) is 0 Å². The quantitative estimate of drug-likeness (QED) is 0.0970. The van der Waals surface area contributed by atoms with Crippen molar-refractivity contribution in [2.45, 2.75) is 235 Å². The number of hydrogen-bond donors (Lipinski definition) is 8. The summed E-state index contributed by atoms with van der Waals surface area (Å²) < 4.78 is 0. The molecule has 0 saturated carbocycles. The van der Waals surface area contributed by atoms with Gasteiger partial charge >= 0.3 is 0 Å². The maximum atomic E-state index is 15.1. The Bertz CT molecular complexity index is 2450. The summed E-state index contributed by atoms with van der Waals surface area (Å²) in [5, 5.41) is 48.9. The number of rotatable bonds is 17. The van der Waals surface area contributed by atoms with Crippen LogP contribution in [-0.4, -0.2) is 231 Å². The lowest BCUT2D eigenvalue weighted by molar-refractivity contribution is -0.168. The molecule has 8 N–H and O–H groups in total. The van der Waals surface area contributed by atoms with E-state index in [2.05, 4.69) is 26.6 Å². The third kappa shape index (κ3) is 22.9. The lowest BCUT2D eigenvalue weighted by Crippen LogP contribution is -2.67. The number of carbonyl (C=O) groups is 11. The lowest BCUT2D eigenvalue weighted by atomic mass is 9.91. The smallest absolute Gasteiger partial charge is 0.276 e. The van der Waals surface area contributed by atoms with Gasteiger partial charge in [0, 0.05) is 48.2 Å². The highest BCUT2D eigenvalue weighted by Crippen LogP contribution is 2.26. The van der Waals surface area contributed by atoms with Crippen molar-refractivity contribution in [1.82, 2.24) is 56.0 Å². The summed E-state index contributed by atoms with van der Waals surface area (Å²) in [7, 11) is 7.92. The van der Waals surface area contributed by atoms with Gasteiger partial charge in [0.15, 0.2) is 0 Å². The summed E-state index contributed by atoms with van der Waals surface area (Å²) in [6.45, 7) is 29.8. The number of aliphatic hydroxyl groups is 3. The van der Waals surface area contributed by atoms with Crippen LogP contribution in [0.2, 0.25) is 0 Å². The Morgan fingerprint density at radius 1 is 0.494 bits per heavy atom. The van der Waals surface area contributed by atoms with E-state index < -0.39 is 162 Å². The van der Waals surface area contributed by atoms with Gasteiger partial charge in [0.25, 0.3) is 5.91 Å². The maximum Gasteiger partial charge on any atom is 0.276 e. The molecule has 0 aromatic heterocycles. The molecule has 11 amide bonds. The largest absolute Gasteiger partial charge is 0.391 e. The molecule has 1 heterocycles. The Balaban J connectivity index is 4.46. The molecule has 510 valence electrons. The van der Waals surface area contributed by atoms with Gasteiger partial charge < -0.3 is 71.3 Å². The van der Waals surface area contributed by atoms with Crippen molar-refractivity contribution in [1.29, 1.82) is 0 Å². The molecule has 0 aromatic rings. The Labute approximate surface area is 531 Å². The first kappa shape index (κ1) is 80.8. The van der Waals surface area contributed by atoms with Gasteiger partial charge in [-0.3, -0.25) is 52.7 Å². The van der Waals surface area contributed by atoms with Crippen molar-refractivity contribution in [3.05, 3.63) is 12.2 Å². The normalized spacial score (nSPS) is 27.4. The average Bonchev–Trinajstić information content (AvgIpc) is 1.20. The second kappa shape index (κ2) is 36.0. The number of aliphatic hydroxyl groups excluding tert-OH is 2. The highest BCUT2D eigenvalue weighted by molar-refractivity contribution is 6.00. The summed E-state index contributed by atoms with van der Waals surface area (Å²) in [5.41, 5.74) is -2.68. The first-order valence-electron chi connectivity index (χ1n) is 31.7. The monoisotopic (exact) mass is 1260 g/mol. The molecule has 25 heteroatoms. The fourth-order valence-corrected chi connectivity index (χ4v) is 10.9. The summed E-state index contributed by atoms with van der Waals surface area (Å²) >= 11 is 0. The summed E-state index contributed by atoms with van der Waals surface area (Å²) in [5.74, 6) is -12.8. The minimum absolute atomic E-state index is 0.00785. The molecule has 1 aliphatic rings. The number of allylic oxidation sites excluding steroid dienone is 2. The minimum atomic E-state index is -2.68. The van der Waals surface area contributed by atoms with Crippen molar-refractivity contribution in [3.8, 4) is 0 Å². The van der Waals surface area contributed by atoms with Crippen LogP contribution >= 0.6 is 0 Å². The van der Waals surface area contributed by atoms with E-state index in [0.717, 1.165) is 24.5 Å². The van der Waals surface area contributed by atoms with Crippen LogP contribution in [0.25, 0.3) is 0 Å². The molecule has 0 bridgehead atoms. The standard InChI is InChI=1S/C64H115N11O14/c1-25-26-27-41(16)53(78)52-58(83)68-50(43(18)76)61(86)70(19)33-49(77)71(20)46(30-36(6)7)56(81)66-44(28-34(2)3)59(84)72(21)47(31-37(8)9)55(80)65-42(17)54(79)69-64(89,40(14)15)63(88)73(22)48(32-38(10)11)57(82)67-45(29-35(4)5)60(85)74(23)51(39(12)13)62(87)75(52)24/h25-26,34-48,50-53,76,78,89H,27-33H2,1-24H3,(H,65,80)(H,66,81)(H,67,82)(H,68,83)(H,69,79)/b26-25+/t41-,42?,43?,44?,45?,46-,47-,48+,50?,51+,52?,53-,64+/m1/s1. The fourth-order valence-electron chi connectivity index (χ4n) is 10.9. The first-order valence-corrected chi connectivity index (χ1v) is 31.7. The molecule has 1 aliphatic heterocycles. The zero-order chi connectivity index (χ0) is 69.2. The molecule has 25 nitrogen and oxygen atoms in total. The second-order valence-electron chi connectivity index (χ2n) is 27.6. The molecule has 0 aliphatic carbocycles. The van der Waals surface area contributed by atoms with E-state index in [1.54, 1.807) is 53.7 Å². The van der Waals surface area contributed by atoms with Crippen LogP contribution in [0.5, 0.6) is 0 Å². The van der Waals surface area contributed by atoms with Crippen LogP contribution in [0.15, 0.2) is 12.2 Å². The molecule has 1 fully saturated rings. The topological polar surface area (TPSA) is 328 Å². The van der Waals surface area contributed by atoms with E-state index in [1.807, 2.05) is 55.4 Å². The van der Waals surface area contributed by atoms with Gasteiger partial charge in [-0.15, -0.1) is 0 Å². The molecule has 1 rings (SSSR count). The number of nitrogens with one attached hydrogen (secondary N) is 5. The minimum Gasteiger partial charge on any atom is -0.391 e. The molecule has 6 unspecified atom stereocenters. The molecule has 0 aromatic carbocycles. The van der Waals surface area contributed by atoms with E-state index in [1.165, 1.54) is 74.9 Å². The predicted octanol–water partition coefficient (Wildman–Crippen LogP) is 2.24. The Morgan fingerprint density at radius 3 is 1.30 bits per heavy atom. The third-order valence-electron chi connectivity index (χ3n) is 16.5. The zero-order valence-electron chi connectivity index (χ0n) is 58.1. The number of hydrogen-bond acceptors (Lipinski definition) is 14. The van der Waals surface area contributed by atoms with Crippen LogP contribution in [0.3, 0.4) is 0 Å². The maximum absolute atomic E-state index is 15.1. The van der Waals surface area contributed by atoms with E-state index in [-0.39, 0.29) is 68.1 Å². The van der Waals surface area contributed by atoms with Crippen molar-refractivity contribution >= 4 is 65.0 Å². The van der Waals surface area contributed by atoms with Crippen molar-refractivity contribution in [2.75, 3.05) is 48.8 Å². The van der Waals surface area contributed by atoms with Gasteiger partial charge in [-0.25, -0.2) is 0 Å². The molecule has 1 saturated heterocycles. The number of likely N-dealkylation sites (N-methyl/N-ethyl adjacent to an activating group) is 6. The lowest BCUT2D eigenvalue weighted by Gasteiger charge is -2.40. The zero-order valence-corrected chi connectivity index (χ0v) is 58.1. The third-order valence-corrected chi connectivity index (χ3v) is 16.5. The van der Waals surface area contributed by atoms with Crippen molar-refractivity contribution in [3.63, 3.8) is 0 Å². The summed E-state index contributed by atoms with van der Waals surface area (Å²) in [4.78, 5) is 168. The highest BCUT2D eigenvalue weighted by atomic mass is 16.3. The highest BCUT2D eigenvalue weighted by Gasteiger charge is 2.49. The average molecular weight is 1260 g/mol. The van der Waals surface area contributed by atoms with Gasteiger partial charge in [0.05, 0.1) is 18.8 Å². The molecule has 0 radical (unpaired) electrons. The first-order chi connectivity index (χ1) is 40.9. The van der Waals surface area contributed by atoms with Gasteiger partial charge in [-0.2, -0.15) is 0 Å². The van der Waals surface area contributed by atoms with Crippen LogP contribution in [0.4, 0.5) is 0 Å². The molecule has 0 spiro atoms. The SMILES string of the molecule is C/C=C/C[C@@H](C)[C@@H](O)C1C(=O)NC(C(C)O)C(=O)N(C)CC(=O)N(C)[C@H](CC(C)C)C(=O)NC(CC(C)C)C(=O)N(C)[C@H](CC(C)C)C(=O)NC(C)C(=O)N[C@](O)(C(C)C)C(=O)N(C)[C@@H](CC(C)C)C(=O)NC(CC(C)C)C(=O)N(C)[C@@H](C(C)C)C(=O)N1C. The summed E-state index contributed by atoms with van der Waals surface area (Å²) in [6, 6.07) is -12.7. The van der Waals surface area contributed by atoms with Gasteiger partial charge in [0.1, 0.15) is 54.4 Å². The Kier molecular flexibility index (Phi) is 32.7. The summed E-state index contributed by atoms with van der Waals surface area (Å²) in [6.07, 6.45) is 0.838. The molecule has 89 heavy (non-hydrogen) atoms. The van der Waals surface area contributed by atoms with Gasteiger partial charge in [-0.1, -0.05) is 116 Å². The van der Waals surface area contributed by atoms with Crippen LogP contribution in [-0.2, 0) is 52.7 Å². The van der Waals surface area contributed by atoms with E-state index in [0.29, 0.717) is 0 Å². The Hall–Kier alpha value is -6.21. The van der Waals surface area contributed by atoms with E-state index >= 15 is 4.79 Å². The second-order valence-corrected chi connectivity index (χ2v) is 27.6. The van der Waals surface area contributed by atoms with Crippen LogP contribution < -0.4 is 26.6 Å². The Morgan fingerprint density at radius 2 is 0.899 bits per heavy atom. The van der Waals surface area contributed by atoms with Crippen molar-refractivity contribution in [2.24, 2.45) is 47.3 Å². The van der Waals surface area contributed by atoms with Gasteiger partial charge in [0.2, 0.25) is 64.8 Å². The number of nitrogens with zero attached hydrogens (tertiary/aromatic N) is 6. The van der Waals surface area contributed by atoms with E-state index in [9.17, 15) is 63.3 Å². The molecular formula is C64H115N11O14. The molecule has 13 atom stereocenters. The van der Waals surface area contributed by atoms with Gasteiger partial charge in [-0.05, 0) is 101 Å².